The van der Waals surface area contributed by atoms with Crippen molar-refractivity contribution in [2.75, 3.05) is 6.54 Å². The smallest absolute Gasteiger partial charge is 0.242 e. The van der Waals surface area contributed by atoms with Crippen LogP contribution in [0.25, 0.3) is 0 Å². The molecular formula is C19H29FN2O2. The molecule has 24 heavy (non-hydrogen) atoms. The second-order valence-corrected chi connectivity index (χ2v) is 6.07. The molecule has 1 unspecified atom stereocenters. The molecule has 134 valence electrons. The number of nitrogens with zero attached hydrogens (tertiary/aromatic N) is 1. The van der Waals surface area contributed by atoms with E-state index in [1.807, 2.05) is 6.92 Å². The van der Waals surface area contributed by atoms with Gasteiger partial charge in [0, 0.05) is 19.5 Å². The summed E-state index contributed by atoms with van der Waals surface area (Å²) in [6, 6.07) is 5.48. The minimum Gasteiger partial charge on any atom is -0.354 e. The maximum Gasteiger partial charge on any atom is 0.242 e. The van der Waals surface area contributed by atoms with Gasteiger partial charge in [0.05, 0.1) is 0 Å². The molecule has 1 atom stereocenters. The first kappa shape index (κ1) is 20.1. The van der Waals surface area contributed by atoms with Gasteiger partial charge in [-0.15, -0.1) is 0 Å². The Labute approximate surface area is 144 Å². The van der Waals surface area contributed by atoms with E-state index in [-0.39, 0.29) is 17.6 Å². The fraction of sp³-hybridized carbons (Fsp3) is 0.579. The summed E-state index contributed by atoms with van der Waals surface area (Å²) in [4.78, 5) is 26.3. The number of benzene rings is 1. The third-order valence-corrected chi connectivity index (χ3v) is 3.98. The molecule has 0 aliphatic heterocycles. The zero-order chi connectivity index (χ0) is 17.9. The van der Waals surface area contributed by atoms with Gasteiger partial charge in [0.25, 0.3) is 0 Å². The van der Waals surface area contributed by atoms with E-state index in [4.69, 9.17) is 0 Å². The average molecular weight is 336 g/mol. The van der Waals surface area contributed by atoms with Gasteiger partial charge in [0.15, 0.2) is 0 Å². The van der Waals surface area contributed by atoms with Crippen LogP contribution in [0.3, 0.4) is 0 Å². The quantitative estimate of drug-likeness (QED) is 0.663. The van der Waals surface area contributed by atoms with Crippen LogP contribution < -0.4 is 5.32 Å². The van der Waals surface area contributed by atoms with Crippen molar-refractivity contribution in [3.63, 3.8) is 0 Å². The van der Waals surface area contributed by atoms with Gasteiger partial charge in [-0.3, -0.25) is 9.59 Å². The molecule has 0 bridgehead atoms. The lowest BCUT2D eigenvalue weighted by Crippen LogP contribution is -2.47. The summed E-state index contributed by atoms with van der Waals surface area (Å²) in [5, 5.41) is 2.90. The molecule has 1 rings (SSSR count). The Kier molecular flexibility index (Phi) is 9.05. The van der Waals surface area contributed by atoms with Crippen LogP contribution in [0.15, 0.2) is 24.3 Å². The van der Waals surface area contributed by atoms with Gasteiger partial charge in [-0.1, -0.05) is 38.8 Å². The van der Waals surface area contributed by atoms with Crippen LogP contribution in [0, 0.1) is 5.82 Å². The first-order chi connectivity index (χ1) is 11.5. The van der Waals surface area contributed by atoms with Gasteiger partial charge in [-0.25, -0.2) is 4.39 Å². The number of unbranched alkanes of at least 4 members (excludes halogenated alkanes) is 2. The van der Waals surface area contributed by atoms with Crippen LogP contribution in [0.4, 0.5) is 4.39 Å². The molecule has 4 nitrogen and oxygen atoms in total. The number of carbonyl (C=O) groups excluding carboxylic acids is 2. The molecule has 1 aromatic rings. The Bertz CT molecular complexity index is 517. The fourth-order valence-electron chi connectivity index (χ4n) is 2.46. The van der Waals surface area contributed by atoms with Crippen molar-refractivity contribution in [1.29, 1.82) is 0 Å². The van der Waals surface area contributed by atoms with E-state index in [1.165, 1.54) is 12.1 Å². The maximum atomic E-state index is 13.0. The molecule has 5 heteroatoms. The van der Waals surface area contributed by atoms with Gasteiger partial charge in [-0.2, -0.15) is 0 Å². The van der Waals surface area contributed by atoms with Crippen LogP contribution in [0.5, 0.6) is 0 Å². The molecule has 0 aliphatic rings. The highest BCUT2D eigenvalue weighted by molar-refractivity contribution is 5.87. The van der Waals surface area contributed by atoms with Crippen molar-refractivity contribution in [2.24, 2.45) is 0 Å². The molecule has 1 N–H and O–H groups in total. The van der Waals surface area contributed by atoms with E-state index in [0.717, 1.165) is 31.2 Å². The molecule has 0 heterocycles. The largest absolute Gasteiger partial charge is 0.354 e. The van der Waals surface area contributed by atoms with Crippen molar-refractivity contribution >= 4 is 11.8 Å². The second-order valence-electron chi connectivity index (χ2n) is 6.07. The van der Waals surface area contributed by atoms with Gasteiger partial charge < -0.3 is 10.2 Å². The molecule has 1 aromatic carbocycles. The third-order valence-electron chi connectivity index (χ3n) is 3.98. The molecular weight excluding hydrogens is 307 g/mol. The Morgan fingerprint density at radius 1 is 1.12 bits per heavy atom. The molecule has 2 amide bonds. The molecule has 0 saturated carbocycles. The van der Waals surface area contributed by atoms with E-state index in [1.54, 1.807) is 24.0 Å². The zero-order valence-electron chi connectivity index (χ0n) is 15.0. The van der Waals surface area contributed by atoms with Crippen LogP contribution >= 0.6 is 0 Å². The van der Waals surface area contributed by atoms with Crippen LogP contribution in [0.1, 0.15) is 58.4 Å². The lowest BCUT2D eigenvalue weighted by atomic mass is 10.1. The minimum absolute atomic E-state index is 0.0574. The summed E-state index contributed by atoms with van der Waals surface area (Å²) in [5.74, 6) is -0.511. The molecule has 0 fully saturated rings. The Hall–Kier alpha value is -1.91. The summed E-state index contributed by atoms with van der Waals surface area (Å²) >= 11 is 0. The normalized spacial score (nSPS) is 11.8. The third kappa shape index (κ3) is 6.69. The zero-order valence-corrected chi connectivity index (χ0v) is 15.0. The lowest BCUT2D eigenvalue weighted by molar-refractivity contribution is -0.140. The van der Waals surface area contributed by atoms with Gasteiger partial charge in [0.1, 0.15) is 11.9 Å². The van der Waals surface area contributed by atoms with E-state index in [0.29, 0.717) is 19.5 Å². The number of rotatable bonds is 10. The van der Waals surface area contributed by atoms with E-state index < -0.39 is 6.04 Å². The highest BCUT2D eigenvalue weighted by atomic mass is 19.1. The number of carbonyl (C=O) groups is 2. The molecule has 0 spiro atoms. The minimum atomic E-state index is -0.546. The van der Waals surface area contributed by atoms with Gasteiger partial charge >= 0.3 is 0 Å². The van der Waals surface area contributed by atoms with Crippen molar-refractivity contribution in [3.05, 3.63) is 35.6 Å². The van der Waals surface area contributed by atoms with E-state index in [2.05, 4.69) is 12.2 Å². The Morgan fingerprint density at radius 2 is 1.79 bits per heavy atom. The van der Waals surface area contributed by atoms with E-state index >= 15 is 0 Å². The van der Waals surface area contributed by atoms with Gasteiger partial charge in [0.2, 0.25) is 11.8 Å². The molecule has 0 aromatic heterocycles. The van der Waals surface area contributed by atoms with Crippen molar-refractivity contribution < 1.29 is 14.0 Å². The Morgan fingerprint density at radius 3 is 2.38 bits per heavy atom. The summed E-state index contributed by atoms with van der Waals surface area (Å²) < 4.78 is 13.0. The van der Waals surface area contributed by atoms with Crippen molar-refractivity contribution in [3.8, 4) is 0 Å². The average Bonchev–Trinajstić information content (AvgIpc) is 2.57. The number of halogens is 1. The predicted octanol–water partition coefficient (Wildman–Crippen LogP) is 3.65. The topological polar surface area (TPSA) is 49.4 Å². The highest BCUT2D eigenvalue weighted by Gasteiger charge is 2.25. The second kappa shape index (κ2) is 10.8. The molecule has 0 radical (unpaired) electrons. The predicted molar refractivity (Wildman–Crippen MR) is 93.9 cm³/mol. The Balaban J connectivity index is 2.74. The van der Waals surface area contributed by atoms with Crippen molar-refractivity contribution in [2.45, 2.75) is 65.5 Å². The number of hydrogen-bond donors (Lipinski definition) is 1. The lowest BCUT2D eigenvalue weighted by Gasteiger charge is -2.28. The first-order valence-electron chi connectivity index (χ1n) is 8.81. The highest BCUT2D eigenvalue weighted by Crippen LogP contribution is 2.12. The molecule has 0 aliphatic carbocycles. The fourth-order valence-corrected chi connectivity index (χ4v) is 2.46. The van der Waals surface area contributed by atoms with Crippen LogP contribution in [-0.2, 0) is 16.1 Å². The number of amides is 2. The monoisotopic (exact) mass is 336 g/mol. The van der Waals surface area contributed by atoms with Crippen LogP contribution in [-0.4, -0.2) is 29.3 Å². The summed E-state index contributed by atoms with van der Waals surface area (Å²) in [6.45, 7) is 6.72. The number of hydrogen-bond acceptors (Lipinski definition) is 2. The standard InChI is InChI=1S/C19H29FN2O2/c1-4-6-7-13-21-19(24)15(3)22(18(23)8-5-2)14-16-9-11-17(20)12-10-16/h9-12,15H,4-8,13-14H2,1-3H3,(H,21,24). The maximum absolute atomic E-state index is 13.0. The van der Waals surface area contributed by atoms with Crippen LogP contribution in [0.2, 0.25) is 0 Å². The number of nitrogens with one attached hydrogen (secondary N) is 1. The summed E-state index contributed by atoms with van der Waals surface area (Å²) in [6.07, 6.45) is 4.23. The summed E-state index contributed by atoms with van der Waals surface area (Å²) in [5.41, 5.74) is 0.812. The van der Waals surface area contributed by atoms with Crippen molar-refractivity contribution in [1.82, 2.24) is 10.2 Å². The van der Waals surface area contributed by atoms with E-state index in [9.17, 15) is 14.0 Å². The SMILES string of the molecule is CCCCCNC(=O)C(C)N(Cc1ccc(F)cc1)C(=O)CCC. The summed E-state index contributed by atoms with van der Waals surface area (Å²) in [7, 11) is 0. The first-order valence-corrected chi connectivity index (χ1v) is 8.81. The van der Waals surface area contributed by atoms with Gasteiger partial charge in [-0.05, 0) is 37.5 Å². The molecule has 0 saturated heterocycles.